The maximum absolute atomic E-state index is 12.1. The molecule has 0 saturated carbocycles. The molecule has 0 heterocycles. The Morgan fingerprint density at radius 2 is 2.22 bits per heavy atom. The fraction of sp³-hybridized carbons (Fsp3) is 0. The van der Waals surface area contributed by atoms with Gasteiger partial charge in [-0.15, -0.1) is 0 Å². The zero-order valence-corrected chi connectivity index (χ0v) is 4.56. The molecular weight excluding hydrogens is 121 g/mol. The molecule has 0 spiro atoms. The van der Waals surface area contributed by atoms with Crippen LogP contribution in [0.25, 0.3) is 0 Å². The summed E-state index contributed by atoms with van der Waals surface area (Å²) < 4.78 is 12.1. The predicted molar refractivity (Wildman–Crippen MR) is 31.3 cm³/mol. The molecule has 0 saturated heterocycles. The van der Waals surface area contributed by atoms with Crippen LogP contribution in [0, 0.1) is 11.9 Å². The van der Waals surface area contributed by atoms with Gasteiger partial charge in [0, 0.05) is 23.9 Å². The molecule has 1 radical (unpaired) electrons. The Morgan fingerprint density at radius 3 is 2.67 bits per heavy atom. The van der Waals surface area contributed by atoms with Gasteiger partial charge in [-0.05, 0) is 0 Å². The van der Waals surface area contributed by atoms with E-state index in [0.29, 0.717) is 0 Å². The fourth-order valence-electron chi connectivity index (χ4n) is 0.541. The molecule has 0 aliphatic rings. The monoisotopic (exact) mass is 126 g/mol. The summed E-state index contributed by atoms with van der Waals surface area (Å²) in [4.78, 5) is 0. The Bertz CT molecular complexity index is 174. The topological polar surface area (TPSA) is 46.2 Å². The second-order valence-electron chi connectivity index (χ2n) is 1.64. The van der Waals surface area contributed by atoms with Crippen LogP contribution in [0.15, 0.2) is 12.1 Å². The summed E-state index contributed by atoms with van der Waals surface area (Å²) in [7, 11) is 0. The van der Waals surface area contributed by atoms with Crippen LogP contribution < -0.4 is 5.73 Å². The number of aromatic hydroxyl groups is 1. The summed E-state index contributed by atoms with van der Waals surface area (Å²) in [6, 6.07) is 4.33. The highest BCUT2D eigenvalue weighted by Gasteiger charge is 1.94. The van der Waals surface area contributed by atoms with E-state index < -0.39 is 5.82 Å². The molecule has 0 fully saturated rings. The van der Waals surface area contributed by atoms with Crippen molar-refractivity contribution in [1.82, 2.24) is 0 Å². The first kappa shape index (κ1) is 5.88. The van der Waals surface area contributed by atoms with Crippen LogP contribution in [0.5, 0.6) is 5.75 Å². The van der Waals surface area contributed by atoms with E-state index in [-0.39, 0.29) is 11.4 Å². The third-order valence-electron chi connectivity index (χ3n) is 0.842. The molecule has 0 amide bonds. The SMILES string of the molecule is Nc1[c]c(F)cc(O)c1. The lowest BCUT2D eigenvalue weighted by atomic mass is 10.3. The Labute approximate surface area is 51.7 Å². The van der Waals surface area contributed by atoms with E-state index in [4.69, 9.17) is 10.8 Å². The quantitative estimate of drug-likeness (QED) is 0.507. The molecule has 0 bridgehead atoms. The number of benzene rings is 1. The number of hydrogen-bond acceptors (Lipinski definition) is 2. The first-order valence-corrected chi connectivity index (χ1v) is 2.36. The molecule has 47 valence electrons. The van der Waals surface area contributed by atoms with Crippen molar-refractivity contribution in [2.75, 3.05) is 5.73 Å². The Balaban J connectivity index is 3.17. The molecule has 0 aliphatic heterocycles. The number of phenolic OH excluding ortho intramolecular Hbond substituents is 1. The Hall–Kier alpha value is -1.25. The van der Waals surface area contributed by atoms with Crippen molar-refractivity contribution in [3.05, 3.63) is 24.0 Å². The Kier molecular flexibility index (Phi) is 1.26. The average molecular weight is 126 g/mol. The molecule has 1 aromatic carbocycles. The van der Waals surface area contributed by atoms with E-state index >= 15 is 0 Å². The van der Waals surface area contributed by atoms with Gasteiger partial charge in [-0.2, -0.15) is 0 Å². The number of halogens is 1. The summed E-state index contributed by atoms with van der Waals surface area (Å²) in [5.74, 6) is -0.823. The molecule has 0 aliphatic carbocycles. The van der Waals surface area contributed by atoms with Crippen LogP contribution in [0.2, 0.25) is 0 Å². The third-order valence-corrected chi connectivity index (χ3v) is 0.842. The van der Waals surface area contributed by atoms with Crippen LogP contribution in [0.4, 0.5) is 10.1 Å². The van der Waals surface area contributed by atoms with Crippen molar-refractivity contribution in [3.63, 3.8) is 0 Å². The highest BCUT2D eigenvalue weighted by atomic mass is 19.1. The van der Waals surface area contributed by atoms with Gasteiger partial charge >= 0.3 is 0 Å². The second-order valence-corrected chi connectivity index (χ2v) is 1.64. The highest BCUT2D eigenvalue weighted by Crippen LogP contribution is 2.14. The minimum absolute atomic E-state index is 0.104. The Morgan fingerprint density at radius 1 is 1.56 bits per heavy atom. The number of nitrogen functional groups attached to an aromatic ring is 1. The second kappa shape index (κ2) is 1.93. The smallest absolute Gasteiger partial charge is 0.136 e. The van der Waals surface area contributed by atoms with E-state index in [9.17, 15) is 4.39 Å². The minimum atomic E-state index is -0.646. The molecule has 0 aromatic heterocycles. The van der Waals surface area contributed by atoms with Crippen LogP contribution in [-0.4, -0.2) is 5.11 Å². The lowest BCUT2D eigenvalue weighted by molar-refractivity contribution is 0.469. The van der Waals surface area contributed by atoms with E-state index in [1.54, 1.807) is 0 Å². The van der Waals surface area contributed by atoms with Crippen molar-refractivity contribution < 1.29 is 9.50 Å². The summed E-state index contributed by atoms with van der Waals surface area (Å²) in [5.41, 5.74) is 5.21. The molecule has 0 unspecified atom stereocenters. The average Bonchev–Trinajstić information content (AvgIpc) is 1.59. The van der Waals surface area contributed by atoms with Gasteiger partial charge in [0.25, 0.3) is 0 Å². The molecule has 9 heavy (non-hydrogen) atoms. The van der Waals surface area contributed by atoms with E-state index in [1.807, 2.05) is 0 Å². The molecule has 1 rings (SSSR count). The van der Waals surface area contributed by atoms with E-state index in [0.717, 1.165) is 6.07 Å². The van der Waals surface area contributed by atoms with Gasteiger partial charge in [0.15, 0.2) is 0 Å². The van der Waals surface area contributed by atoms with Crippen LogP contribution in [0.3, 0.4) is 0 Å². The van der Waals surface area contributed by atoms with Crippen molar-refractivity contribution in [3.8, 4) is 5.75 Å². The number of phenols is 1. The zero-order valence-electron chi connectivity index (χ0n) is 4.56. The number of anilines is 1. The van der Waals surface area contributed by atoms with Crippen molar-refractivity contribution in [2.45, 2.75) is 0 Å². The lowest BCUT2D eigenvalue weighted by Gasteiger charge is -1.92. The summed E-state index contributed by atoms with van der Waals surface area (Å²) >= 11 is 0. The largest absolute Gasteiger partial charge is 0.508 e. The molecule has 1 aromatic rings. The number of hydrogen-bond donors (Lipinski definition) is 2. The molecular formula is C6H5FNO. The molecule has 3 heteroatoms. The summed E-state index contributed by atoms with van der Waals surface area (Å²) in [6.07, 6.45) is 0. The van der Waals surface area contributed by atoms with Crippen molar-refractivity contribution >= 4 is 5.69 Å². The lowest BCUT2D eigenvalue weighted by Crippen LogP contribution is -1.85. The maximum atomic E-state index is 12.1. The van der Waals surface area contributed by atoms with Gasteiger partial charge in [0.1, 0.15) is 11.6 Å². The molecule has 0 atom stereocenters. The highest BCUT2D eigenvalue weighted by molar-refractivity contribution is 5.42. The third kappa shape index (κ3) is 1.32. The summed E-state index contributed by atoms with van der Waals surface area (Å²) in [5, 5.41) is 8.65. The minimum Gasteiger partial charge on any atom is -0.508 e. The maximum Gasteiger partial charge on any atom is 0.136 e. The number of nitrogens with two attached hydrogens (primary N) is 1. The van der Waals surface area contributed by atoms with Crippen LogP contribution in [-0.2, 0) is 0 Å². The van der Waals surface area contributed by atoms with Gasteiger partial charge in [0.05, 0.1) is 0 Å². The molecule has 3 N–H and O–H groups in total. The van der Waals surface area contributed by atoms with Gasteiger partial charge in [-0.3, -0.25) is 0 Å². The van der Waals surface area contributed by atoms with Crippen LogP contribution >= 0.6 is 0 Å². The van der Waals surface area contributed by atoms with Gasteiger partial charge in [-0.1, -0.05) is 0 Å². The first-order valence-electron chi connectivity index (χ1n) is 2.36. The van der Waals surface area contributed by atoms with E-state index in [1.165, 1.54) is 6.07 Å². The van der Waals surface area contributed by atoms with Gasteiger partial charge in [0.2, 0.25) is 0 Å². The fourth-order valence-corrected chi connectivity index (χ4v) is 0.541. The van der Waals surface area contributed by atoms with E-state index in [2.05, 4.69) is 6.07 Å². The van der Waals surface area contributed by atoms with Gasteiger partial charge < -0.3 is 10.8 Å². The first-order chi connectivity index (χ1) is 4.18. The zero-order chi connectivity index (χ0) is 6.85. The van der Waals surface area contributed by atoms with Crippen molar-refractivity contribution in [1.29, 1.82) is 0 Å². The molecule has 2 nitrogen and oxygen atoms in total. The summed E-state index contributed by atoms with van der Waals surface area (Å²) in [6.45, 7) is 0. The van der Waals surface area contributed by atoms with Gasteiger partial charge in [-0.25, -0.2) is 4.39 Å². The van der Waals surface area contributed by atoms with Crippen LogP contribution in [0.1, 0.15) is 0 Å². The normalized spacial score (nSPS) is 9.44. The standard InChI is InChI=1S/C6H5FNO/c7-4-1-5(8)3-6(9)2-4/h2-3,9H,8H2. The number of rotatable bonds is 0. The predicted octanol–water partition coefficient (Wildman–Crippen LogP) is 0.914. The van der Waals surface area contributed by atoms with Crippen molar-refractivity contribution in [2.24, 2.45) is 0 Å².